The van der Waals surface area contributed by atoms with Crippen LogP contribution in [0.15, 0.2) is 30.3 Å². The van der Waals surface area contributed by atoms with Crippen molar-refractivity contribution in [3.05, 3.63) is 40.9 Å². The Hall–Kier alpha value is -2.84. The van der Waals surface area contributed by atoms with E-state index in [0.717, 1.165) is 6.42 Å². The number of hydrogen-bond donors (Lipinski definition) is 2. The normalized spacial score (nSPS) is 13.7. The van der Waals surface area contributed by atoms with Crippen molar-refractivity contribution in [2.24, 2.45) is 0 Å². The molecule has 3 rings (SSSR count). The molecule has 0 aromatic heterocycles. The monoisotopic (exact) mass is 451 g/mol. The fourth-order valence-corrected chi connectivity index (χ4v) is 3.35. The molecule has 168 valence electrons. The number of rotatable bonds is 9. The molecule has 0 radical (unpaired) electrons. The van der Waals surface area contributed by atoms with E-state index in [-0.39, 0.29) is 25.5 Å². The Labute approximate surface area is 186 Å². The maximum Gasteiger partial charge on any atom is 0.224 e. The number of aliphatic hydroxyl groups excluding tert-OH is 1. The molecule has 1 amide bonds. The Morgan fingerprint density at radius 2 is 1.90 bits per heavy atom. The highest BCUT2D eigenvalue weighted by molar-refractivity contribution is 6.32. The topological polar surface area (TPSA) is 95.5 Å². The maximum atomic E-state index is 12.3. The van der Waals surface area contributed by atoms with Gasteiger partial charge in [-0.25, -0.2) is 0 Å². The van der Waals surface area contributed by atoms with Crippen molar-refractivity contribution in [1.82, 2.24) is 5.32 Å². The van der Waals surface area contributed by atoms with Crippen molar-refractivity contribution < 1.29 is 33.6 Å². The quantitative estimate of drug-likeness (QED) is 0.605. The van der Waals surface area contributed by atoms with Gasteiger partial charge in [0.05, 0.1) is 38.9 Å². The van der Waals surface area contributed by atoms with E-state index in [4.69, 9.17) is 35.3 Å². The van der Waals surface area contributed by atoms with Crippen molar-refractivity contribution in [3.63, 3.8) is 0 Å². The molecule has 0 bridgehead atoms. The SMILES string of the molecule is COc1cccc(OC)c1OCC(O)CNC(=O)Cc1cc(Cl)c2c(c1)OCCCO2. The number of hydrogen-bond acceptors (Lipinski definition) is 7. The third-order valence-electron chi connectivity index (χ3n) is 4.56. The van der Waals surface area contributed by atoms with Gasteiger partial charge in [-0.05, 0) is 29.8 Å². The van der Waals surface area contributed by atoms with Crippen LogP contribution in [0.25, 0.3) is 0 Å². The first-order valence-electron chi connectivity index (χ1n) is 9.88. The van der Waals surface area contributed by atoms with Crippen LogP contribution < -0.4 is 29.0 Å². The van der Waals surface area contributed by atoms with E-state index >= 15 is 0 Å². The van der Waals surface area contributed by atoms with Crippen LogP contribution in [0.1, 0.15) is 12.0 Å². The Bertz CT molecular complexity index is 883. The average molecular weight is 452 g/mol. The number of carbonyl (C=O) groups excluding carboxylic acids is 1. The molecule has 31 heavy (non-hydrogen) atoms. The van der Waals surface area contributed by atoms with Crippen LogP contribution in [0.4, 0.5) is 0 Å². The van der Waals surface area contributed by atoms with Gasteiger partial charge in [0.25, 0.3) is 0 Å². The van der Waals surface area contributed by atoms with Crippen LogP contribution in [0.3, 0.4) is 0 Å². The predicted molar refractivity (Wildman–Crippen MR) is 115 cm³/mol. The summed E-state index contributed by atoms with van der Waals surface area (Å²) in [5, 5.41) is 13.3. The molecule has 2 aromatic rings. The van der Waals surface area contributed by atoms with Gasteiger partial charge in [0.1, 0.15) is 12.7 Å². The molecular weight excluding hydrogens is 426 g/mol. The fraction of sp³-hybridized carbons (Fsp3) is 0.409. The average Bonchev–Trinajstić information content (AvgIpc) is 3.01. The number of ether oxygens (including phenoxy) is 5. The Morgan fingerprint density at radius 3 is 2.61 bits per heavy atom. The highest BCUT2D eigenvalue weighted by Gasteiger charge is 2.18. The van der Waals surface area contributed by atoms with Crippen molar-refractivity contribution in [3.8, 4) is 28.7 Å². The lowest BCUT2D eigenvalue weighted by Crippen LogP contribution is -2.36. The first-order valence-corrected chi connectivity index (χ1v) is 10.3. The fourth-order valence-electron chi connectivity index (χ4n) is 3.06. The number of halogens is 1. The molecule has 1 unspecified atom stereocenters. The van der Waals surface area contributed by atoms with Gasteiger partial charge in [0.2, 0.25) is 11.7 Å². The molecule has 2 aromatic carbocycles. The zero-order chi connectivity index (χ0) is 22.2. The molecule has 1 heterocycles. The zero-order valence-electron chi connectivity index (χ0n) is 17.5. The van der Waals surface area contributed by atoms with Crippen LogP contribution in [-0.2, 0) is 11.2 Å². The molecule has 0 aliphatic carbocycles. The summed E-state index contributed by atoms with van der Waals surface area (Å²) in [7, 11) is 3.04. The van der Waals surface area contributed by atoms with Crippen LogP contribution in [0.2, 0.25) is 5.02 Å². The summed E-state index contributed by atoms with van der Waals surface area (Å²) in [6.07, 6.45) is -0.0721. The molecule has 1 atom stereocenters. The minimum atomic E-state index is -0.925. The van der Waals surface area contributed by atoms with Crippen molar-refractivity contribution >= 4 is 17.5 Å². The molecular formula is C22H26ClNO7. The molecule has 8 nitrogen and oxygen atoms in total. The number of aliphatic hydroxyl groups is 1. The molecule has 1 aliphatic rings. The van der Waals surface area contributed by atoms with E-state index in [0.29, 0.717) is 52.5 Å². The second-order valence-electron chi connectivity index (χ2n) is 6.89. The number of amides is 1. The van der Waals surface area contributed by atoms with Gasteiger partial charge < -0.3 is 34.1 Å². The summed E-state index contributed by atoms with van der Waals surface area (Å²) >= 11 is 6.27. The number of fused-ring (bicyclic) bond motifs is 1. The number of methoxy groups -OCH3 is 2. The number of carbonyl (C=O) groups is 1. The number of nitrogens with one attached hydrogen (secondary N) is 1. The summed E-state index contributed by atoms with van der Waals surface area (Å²) < 4.78 is 27.4. The molecule has 0 spiro atoms. The summed E-state index contributed by atoms with van der Waals surface area (Å²) in [6, 6.07) is 8.66. The van der Waals surface area contributed by atoms with Crippen molar-refractivity contribution in [2.45, 2.75) is 18.9 Å². The van der Waals surface area contributed by atoms with Crippen molar-refractivity contribution in [2.75, 3.05) is 40.6 Å². The third-order valence-corrected chi connectivity index (χ3v) is 4.84. The van der Waals surface area contributed by atoms with Gasteiger partial charge in [-0.15, -0.1) is 0 Å². The van der Waals surface area contributed by atoms with Crippen LogP contribution in [-0.4, -0.2) is 57.7 Å². The van der Waals surface area contributed by atoms with Gasteiger partial charge in [0.15, 0.2) is 23.0 Å². The lowest BCUT2D eigenvalue weighted by molar-refractivity contribution is -0.121. The highest BCUT2D eigenvalue weighted by Crippen LogP contribution is 2.38. The molecule has 9 heteroatoms. The van der Waals surface area contributed by atoms with E-state index in [1.54, 1.807) is 30.3 Å². The second kappa shape index (κ2) is 11.0. The van der Waals surface area contributed by atoms with Crippen LogP contribution >= 0.6 is 11.6 Å². The van der Waals surface area contributed by atoms with Gasteiger partial charge >= 0.3 is 0 Å². The van der Waals surface area contributed by atoms with E-state index in [9.17, 15) is 9.90 Å². The Kier molecular flexibility index (Phi) is 8.08. The second-order valence-corrected chi connectivity index (χ2v) is 7.30. The lowest BCUT2D eigenvalue weighted by atomic mass is 10.1. The maximum absolute atomic E-state index is 12.3. The van der Waals surface area contributed by atoms with E-state index < -0.39 is 6.10 Å². The van der Waals surface area contributed by atoms with E-state index in [1.807, 2.05) is 0 Å². The highest BCUT2D eigenvalue weighted by atomic mass is 35.5. The Morgan fingerprint density at radius 1 is 1.19 bits per heavy atom. The zero-order valence-corrected chi connectivity index (χ0v) is 18.2. The largest absolute Gasteiger partial charge is 0.493 e. The predicted octanol–water partition coefficient (Wildman–Crippen LogP) is 2.62. The molecule has 0 saturated heterocycles. The number of para-hydroxylation sites is 1. The van der Waals surface area contributed by atoms with Gasteiger partial charge in [-0.1, -0.05) is 17.7 Å². The lowest BCUT2D eigenvalue weighted by Gasteiger charge is -2.17. The minimum Gasteiger partial charge on any atom is -0.493 e. The summed E-state index contributed by atoms with van der Waals surface area (Å²) in [5.74, 6) is 2.14. The third kappa shape index (κ3) is 6.08. The minimum absolute atomic E-state index is 0.0224. The molecule has 1 aliphatic heterocycles. The van der Waals surface area contributed by atoms with Crippen molar-refractivity contribution in [1.29, 1.82) is 0 Å². The number of benzene rings is 2. The van der Waals surface area contributed by atoms with E-state index in [2.05, 4.69) is 5.32 Å². The molecule has 2 N–H and O–H groups in total. The van der Waals surface area contributed by atoms with Gasteiger partial charge in [-0.3, -0.25) is 4.79 Å². The summed E-state index contributed by atoms with van der Waals surface area (Å²) in [6.45, 7) is 1.04. The summed E-state index contributed by atoms with van der Waals surface area (Å²) in [5.41, 5.74) is 0.691. The van der Waals surface area contributed by atoms with Crippen LogP contribution in [0, 0.1) is 0 Å². The first-order chi connectivity index (χ1) is 15.0. The Balaban J connectivity index is 1.51. The standard InChI is InChI=1S/C22H26ClNO7/c1-27-17-5-3-6-18(28-2)22(17)31-13-15(25)12-24-20(26)11-14-9-16(23)21-19(10-14)29-7-4-8-30-21/h3,5-6,9-10,15,25H,4,7-8,11-13H2,1-2H3,(H,24,26). The van der Waals surface area contributed by atoms with Gasteiger partial charge in [-0.2, -0.15) is 0 Å². The molecule has 0 saturated carbocycles. The van der Waals surface area contributed by atoms with Crippen LogP contribution in [0.5, 0.6) is 28.7 Å². The van der Waals surface area contributed by atoms with E-state index in [1.165, 1.54) is 14.2 Å². The first kappa shape index (κ1) is 22.8. The smallest absolute Gasteiger partial charge is 0.224 e. The molecule has 0 fully saturated rings. The summed E-state index contributed by atoms with van der Waals surface area (Å²) in [4.78, 5) is 12.3. The van der Waals surface area contributed by atoms with Gasteiger partial charge in [0, 0.05) is 13.0 Å².